The molecule has 0 bridgehead atoms. The van der Waals surface area contributed by atoms with E-state index in [1.54, 1.807) is 0 Å². The highest BCUT2D eigenvalue weighted by atomic mass is 19.4. The molecule has 1 atom stereocenters. The summed E-state index contributed by atoms with van der Waals surface area (Å²) in [7, 11) is 0. The summed E-state index contributed by atoms with van der Waals surface area (Å²) in [5.41, 5.74) is -0.972. The highest BCUT2D eigenvalue weighted by molar-refractivity contribution is 5.78. The van der Waals surface area contributed by atoms with Gasteiger partial charge in [0.25, 0.3) is 0 Å². The van der Waals surface area contributed by atoms with Gasteiger partial charge in [-0.3, -0.25) is 4.79 Å². The molecule has 14 heteroatoms. The van der Waals surface area contributed by atoms with Crippen LogP contribution in [0.5, 0.6) is 17.2 Å². The van der Waals surface area contributed by atoms with Gasteiger partial charge in [0.1, 0.15) is 0 Å². The minimum Gasteiger partial charge on any atom is -0.481 e. The van der Waals surface area contributed by atoms with Crippen LogP contribution in [0.4, 0.5) is 39.5 Å². The normalized spacial score (nSPS) is 13.8. The van der Waals surface area contributed by atoms with Gasteiger partial charge in [0, 0.05) is 5.56 Å². The Kier molecular flexibility index (Phi) is 6.90. The van der Waals surface area contributed by atoms with Crippen molar-refractivity contribution in [3.05, 3.63) is 17.7 Å². The molecule has 1 rings (SSSR count). The third-order valence-electron chi connectivity index (χ3n) is 3.02. The van der Waals surface area contributed by atoms with Gasteiger partial charge in [0.15, 0.2) is 11.5 Å². The molecule has 0 aliphatic heterocycles. The number of aliphatic carboxylic acids is 1. The number of carboxylic acid groups (broad SMARTS) is 1. The molecule has 1 aromatic carbocycles. The zero-order valence-corrected chi connectivity index (χ0v) is 13.6. The molecular formula is C14H11F9O5. The Morgan fingerprint density at radius 3 is 1.75 bits per heavy atom. The number of halogens is 9. The van der Waals surface area contributed by atoms with Gasteiger partial charge in [-0.2, -0.15) is 0 Å². The van der Waals surface area contributed by atoms with Crippen molar-refractivity contribution in [2.24, 2.45) is 0 Å². The molecule has 0 aliphatic rings. The van der Waals surface area contributed by atoms with Crippen LogP contribution in [0.3, 0.4) is 0 Å². The Morgan fingerprint density at radius 1 is 0.893 bits per heavy atom. The van der Waals surface area contributed by atoms with Crippen molar-refractivity contribution in [2.45, 2.75) is 44.8 Å². The van der Waals surface area contributed by atoms with Crippen molar-refractivity contribution in [2.75, 3.05) is 0 Å². The second-order valence-electron chi connectivity index (χ2n) is 5.13. The van der Waals surface area contributed by atoms with E-state index in [1.807, 2.05) is 0 Å². The highest BCUT2D eigenvalue weighted by Crippen LogP contribution is 2.49. The molecule has 28 heavy (non-hydrogen) atoms. The average Bonchev–Trinajstić information content (AvgIpc) is 2.44. The standard InChI is InChI=1S/C14H11F9O5/c1-2-3-7(11(24)25)6-4-5-8(26-12(15,16)17)10(28-14(21,22)23)9(6)27-13(18,19)20/h4-5,7H,2-3H2,1H3,(H,24,25). The molecule has 0 fully saturated rings. The van der Waals surface area contributed by atoms with E-state index in [2.05, 4.69) is 14.2 Å². The molecule has 0 heterocycles. The Bertz CT molecular complexity index is 694. The molecule has 0 aliphatic carbocycles. The van der Waals surface area contributed by atoms with Crippen molar-refractivity contribution in [1.29, 1.82) is 0 Å². The van der Waals surface area contributed by atoms with Crippen LogP contribution in [0, 0.1) is 0 Å². The molecule has 1 unspecified atom stereocenters. The molecule has 0 amide bonds. The first-order valence-corrected chi connectivity index (χ1v) is 7.21. The Morgan fingerprint density at radius 2 is 1.36 bits per heavy atom. The number of carboxylic acids is 1. The van der Waals surface area contributed by atoms with Gasteiger partial charge in [-0.25, -0.2) is 0 Å². The van der Waals surface area contributed by atoms with Gasteiger partial charge >= 0.3 is 25.1 Å². The van der Waals surface area contributed by atoms with Crippen molar-refractivity contribution in [3.8, 4) is 17.2 Å². The molecule has 0 radical (unpaired) electrons. The fourth-order valence-electron chi connectivity index (χ4n) is 2.17. The Labute approximate surface area is 150 Å². The number of hydrogen-bond donors (Lipinski definition) is 1. The monoisotopic (exact) mass is 430 g/mol. The van der Waals surface area contributed by atoms with Gasteiger partial charge in [0.05, 0.1) is 5.92 Å². The SMILES string of the molecule is CCCC(C(=O)O)c1ccc(OC(F)(F)F)c(OC(F)(F)F)c1OC(F)(F)F. The zero-order valence-electron chi connectivity index (χ0n) is 13.6. The van der Waals surface area contributed by atoms with E-state index in [9.17, 15) is 44.3 Å². The van der Waals surface area contributed by atoms with Crippen molar-refractivity contribution in [3.63, 3.8) is 0 Å². The minimum absolute atomic E-state index is 0.0681. The van der Waals surface area contributed by atoms with Gasteiger partial charge in [-0.05, 0) is 12.5 Å². The van der Waals surface area contributed by atoms with Gasteiger partial charge in [0.2, 0.25) is 5.75 Å². The van der Waals surface area contributed by atoms with Crippen molar-refractivity contribution >= 4 is 5.97 Å². The predicted molar refractivity (Wildman–Crippen MR) is 71.8 cm³/mol. The Hall–Kier alpha value is -2.54. The number of rotatable bonds is 7. The smallest absolute Gasteiger partial charge is 0.481 e. The van der Waals surface area contributed by atoms with E-state index >= 15 is 0 Å². The van der Waals surface area contributed by atoms with Crippen LogP contribution in [-0.2, 0) is 4.79 Å². The lowest BCUT2D eigenvalue weighted by Crippen LogP contribution is -2.25. The highest BCUT2D eigenvalue weighted by Gasteiger charge is 2.43. The number of ether oxygens (including phenoxy) is 3. The first-order valence-electron chi connectivity index (χ1n) is 7.21. The van der Waals surface area contributed by atoms with Gasteiger partial charge in [-0.1, -0.05) is 19.4 Å². The summed E-state index contributed by atoms with van der Waals surface area (Å²) in [6, 6.07) is 0.637. The van der Waals surface area contributed by atoms with E-state index in [-0.39, 0.29) is 18.9 Å². The quantitative estimate of drug-likeness (QED) is 0.591. The van der Waals surface area contributed by atoms with E-state index in [4.69, 9.17) is 5.11 Å². The maximum atomic E-state index is 12.7. The molecule has 0 spiro atoms. The molecule has 5 nitrogen and oxygen atoms in total. The van der Waals surface area contributed by atoms with Gasteiger partial charge < -0.3 is 19.3 Å². The second-order valence-corrected chi connectivity index (χ2v) is 5.13. The summed E-state index contributed by atoms with van der Waals surface area (Å²) < 4.78 is 123. The number of alkyl halides is 9. The zero-order chi connectivity index (χ0) is 21.9. The van der Waals surface area contributed by atoms with Crippen LogP contribution in [0.1, 0.15) is 31.2 Å². The summed E-state index contributed by atoms with van der Waals surface area (Å²) in [5.74, 6) is -9.36. The first-order chi connectivity index (χ1) is 12.5. The van der Waals surface area contributed by atoms with Crippen LogP contribution in [0.2, 0.25) is 0 Å². The average molecular weight is 430 g/mol. The van der Waals surface area contributed by atoms with Crippen LogP contribution in [0.15, 0.2) is 12.1 Å². The fourth-order valence-corrected chi connectivity index (χ4v) is 2.17. The predicted octanol–water partition coefficient (Wildman–Crippen LogP) is 5.35. The Balaban J connectivity index is 3.77. The number of carbonyl (C=O) groups is 1. The molecular weight excluding hydrogens is 419 g/mol. The number of benzene rings is 1. The molecule has 1 N–H and O–H groups in total. The van der Waals surface area contributed by atoms with Crippen LogP contribution in [-0.4, -0.2) is 30.2 Å². The van der Waals surface area contributed by atoms with Crippen LogP contribution >= 0.6 is 0 Å². The topological polar surface area (TPSA) is 65.0 Å². The van der Waals surface area contributed by atoms with Gasteiger partial charge in [-0.15, -0.1) is 39.5 Å². The maximum absolute atomic E-state index is 12.7. The van der Waals surface area contributed by atoms with Crippen LogP contribution < -0.4 is 14.2 Å². The summed E-state index contributed by atoms with van der Waals surface area (Å²) in [6.07, 6.45) is -17.3. The lowest BCUT2D eigenvalue weighted by Gasteiger charge is -2.23. The lowest BCUT2D eigenvalue weighted by atomic mass is 9.93. The summed E-state index contributed by atoms with van der Waals surface area (Å²) >= 11 is 0. The minimum atomic E-state index is -5.74. The third-order valence-corrected chi connectivity index (χ3v) is 3.02. The maximum Gasteiger partial charge on any atom is 0.573 e. The summed E-state index contributed by atoms with van der Waals surface area (Å²) in [4.78, 5) is 11.3. The molecule has 160 valence electrons. The van der Waals surface area contributed by atoms with E-state index in [0.29, 0.717) is 6.07 Å². The lowest BCUT2D eigenvalue weighted by molar-refractivity contribution is -0.293. The third kappa shape index (κ3) is 7.23. The molecule has 0 saturated carbocycles. The molecule has 0 saturated heterocycles. The van der Waals surface area contributed by atoms with Crippen molar-refractivity contribution < 1.29 is 63.6 Å². The van der Waals surface area contributed by atoms with Crippen LogP contribution in [0.25, 0.3) is 0 Å². The first kappa shape index (κ1) is 23.5. The summed E-state index contributed by atoms with van der Waals surface area (Å²) in [6.45, 7) is 1.43. The molecule has 1 aromatic rings. The largest absolute Gasteiger partial charge is 0.573 e. The van der Waals surface area contributed by atoms with E-state index < -0.39 is 53.8 Å². The fraction of sp³-hybridized carbons (Fsp3) is 0.500. The summed E-state index contributed by atoms with van der Waals surface area (Å²) in [5, 5.41) is 9.15. The van der Waals surface area contributed by atoms with E-state index in [1.165, 1.54) is 6.92 Å². The second kappa shape index (κ2) is 8.22. The van der Waals surface area contributed by atoms with E-state index in [0.717, 1.165) is 0 Å². The van der Waals surface area contributed by atoms with Crippen molar-refractivity contribution in [1.82, 2.24) is 0 Å². The number of hydrogen-bond acceptors (Lipinski definition) is 4. The molecule has 0 aromatic heterocycles.